The number of ether oxygens (including phenoxy) is 1. The second kappa shape index (κ2) is 10.2. The third-order valence-electron chi connectivity index (χ3n) is 6.92. The number of Topliss-reactive ketones (excluding diaryl/α,β-unsaturated/α-hetero) is 1. The molecule has 0 unspecified atom stereocenters. The minimum Gasteiger partial charge on any atom is -0.372 e. The van der Waals surface area contributed by atoms with Crippen molar-refractivity contribution in [1.82, 2.24) is 0 Å². The highest BCUT2D eigenvalue weighted by atomic mass is 32.2. The summed E-state index contributed by atoms with van der Waals surface area (Å²) in [6, 6.07) is 3.44. The predicted octanol–water partition coefficient (Wildman–Crippen LogP) is 4.49. The molecule has 1 heterocycles. The van der Waals surface area contributed by atoms with E-state index in [1.165, 1.54) is 6.07 Å². The van der Waals surface area contributed by atoms with Crippen molar-refractivity contribution < 1.29 is 22.3 Å². The third-order valence-corrected chi connectivity index (χ3v) is 9.29. The molecule has 1 saturated carbocycles. The van der Waals surface area contributed by atoms with Gasteiger partial charge in [-0.2, -0.15) is 0 Å². The van der Waals surface area contributed by atoms with Crippen molar-refractivity contribution in [2.45, 2.75) is 84.2 Å². The largest absolute Gasteiger partial charge is 0.372 e. The lowest BCUT2D eigenvalue weighted by molar-refractivity contribution is -0.123. The number of ketones is 1. The SMILES string of the molecule is Cc1cc(CC(=O)C2CCC(CS(=O)(=O)C(C)C)CC2)cc(F)c1N1C[C@@H](C)O[C@@H](C)C1. The zero-order chi connectivity index (χ0) is 23.6. The molecule has 1 aliphatic heterocycles. The molecule has 1 aliphatic carbocycles. The van der Waals surface area contributed by atoms with E-state index in [4.69, 9.17) is 4.74 Å². The maximum Gasteiger partial charge on any atom is 0.152 e. The summed E-state index contributed by atoms with van der Waals surface area (Å²) in [5.41, 5.74) is 2.17. The van der Waals surface area contributed by atoms with Crippen LogP contribution >= 0.6 is 0 Å². The Labute approximate surface area is 192 Å². The summed E-state index contributed by atoms with van der Waals surface area (Å²) in [6.07, 6.45) is 3.30. The number of rotatable bonds is 7. The summed E-state index contributed by atoms with van der Waals surface area (Å²) < 4.78 is 45.2. The molecule has 2 aliphatic rings. The van der Waals surface area contributed by atoms with Crippen LogP contribution in [0.2, 0.25) is 0 Å². The highest BCUT2D eigenvalue weighted by molar-refractivity contribution is 7.91. The lowest BCUT2D eigenvalue weighted by Gasteiger charge is -2.37. The van der Waals surface area contributed by atoms with Crippen molar-refractivity contribution in [3.63, 3.8) is 0 Å². The first kappa shape index (κ1) is 25.2. The Kier molecular flexibility index (Phi) is 8.02. The van der Waals surface area contributed by atoms with Crippen molar-refractivity contribution in [1.29, 1.82) is 0 Å². The minimum absolute atomic E-state index is 0.0458. The van der Waals surface area contributed by atoms with E-state index in [0.717, 1.165) is 31.2 Å². The Morgan fingerprint density at radius 2 is 1.72 bits per heavy atom. The first-order valence-corrected chi connectivity index (χ1v) is 13.6. The molecular formula is C25H38FNO4S. The second-order valence-corrected chi connectivity index (χ2v) is 12.7. The Bertz CT molecular complexity index is 889. The molecule has 1 saturated heterocycles. The number of hydrogen-bond acceptors (Lipinski definition) is 5. The molecule has 0 bridgehead atoms. The van der Waals surface area contributed by atoms with Gasteiger partial charge >= 0.3 is 0 Å². The zero-order valence-electron chi connectivity index (χ0n) is 20.1. The molecule has 0 aromatic heterocycles. The first-order valence-electron chi connectivity index (χ1n) is 11.9. The van der Waals surface area contributed by atoms with Gasteiger partial charge in [-0.15, -0.1) is 0 Å². The van der Waals surface area contributed by atoms with Crippen LogP contribution in [-0.4, -0.2) is 50.5 Å². The van der Waals surface area contributed by atoms with E-state index < -0.39 is 9.84 Å². The maximum absolute atomic E-state index is 15.1. The number of anilines is 1. The summed E-state index contributed by atoms with van der Waals surface area (Å²) in [4.78, 5) is 14.9. The fraction of sp³-hybridized carbons (Fsp3) is 0.720. The highest BCUT2D eigenvalue weighted by Gasteiger charge is 2.30. The Hall–Kier alpha value is -1.47. The fourth-order valence-corrected chi connectivity index (χ4v) is 6.56. The summed E-state index contributed by atoms with van der Waals surface area (Å²) >= 11 is 0. The molecular weight excluding hydrogens is 429 g/mol. The van der Waals surface area contributed by atoms with Gasteiger partial charge in [-0.3, -0.25) is 4.79 Å². The van der Waals surface area contributed by atoms with E-state index in [0.29, 0.717) is 24.3 Å². The van der Waals surface area contributed by atoms with Crippen molar-refractivity contribution in [3.05, 3.63) is 29.1 Å². The smallest absolute Gasteiger partial charge is 0.152 e. The van der Waals surface area contributed by atoms with Gasteiger partial charge in [-0.05, 0) is 83.4 Å². The van der Waals surface area contributed by atoms with Gasteiger partial charge in [-0.25, -0.2) is 12.8 Å². The number of sulfone groups is 1. The Balaban J connectivity index is 1.60. The van der Waals surface area contributed by atoms with Crippen molar-refractivity contribution >= 4 is 21.3 Å². The van der Waals surface area contributed by atoms with Crippen molar-refractivity contribution in [2.75, 3.05) is 23.7 Å². The van der Waals surface area contributed by atoms with Crippen LogP contribution in [-0.2, 0) is 25.8 Å². The zero-order valence-corrected chi connectivity index (χ0v) is 20.9. The van der Waals surface area contributed by atoms with Gasteiger partial charge < -0.3 is 9.64 Å². The van der Waals surface area contributed by atoms with E-state index in [-0.39, 0.29) is 53.1 Å². The summed E-state index contributed by atoms with van der Waals surface area (Å²) in [6.45, 7) is 10.6. The van der Waals surface area contributed by atoms with Crippen LogP contribution in [0.4, 0.5) is 10.1 Å². The van der Waals surface area contributed by atoms with Gasteiger partial charge in [0.2, 0.25) is 0 Å². The van der Waals surface area contributed by atoms with Crippen LogP contribution < -0.4 is 4.90 Å². The lowest BCUT2D eigenvalue weighted by atomic mass is 9.79. The third kappa shape index (κ3) is 6.10. The van der Waals surface area contributed by atoms with E-state index in [2.05, 4.69) is 0 Å². The molecule has 0 radical (unpaired) electrons. The maximum atomic E-state index is 15.1. The predicted molar refractivity (Wildman–Crippen MR) is 126 cm³/mol. The molecule has 5 nitrogen and oxygen atoms in total. The van der Waals surface area contributed by atoms with Gasteiger partial charge in [0.15, 0.2) is 9.84 Å². The normalized spacial score (nSPS) is 27.0. The van der Waals surface area contributed by atoms with E-state index in [9.17, 15) is 13.2 Å². The van der Waals surface area contributed by atoms with Gasteiger partial charge in [-0.1, -0.05) is 6.07 Å². The molecule has 32 heavy (non-hydrogen) atoms. The number of carbonyl (C=O) groups excluding carboxylic acids is 1. The molecule has 0 amide bonds. The quantitative estimate of drug-likeness (QED) is 0.591. The number of nitrogens with zero attached hydrogens (tertiary/aromatic N) is 1. The van der Waals surface area contributed by atoms with Crippen LogP contribution in [0.5, 0.6) is 0 Å². The van der Waals surface area contributed by atoms with E-state index in [1.807, 2.05) is 31.7 Å². The molecule has 180 valence electrons. The summed E-state index contributed by atoms with van der Waals surface area (Å²) in [7, 11) is -3.05. The van der Waals surface area contributed by atoms with Crippen LogP contribution in [0.25, 0.3) is 0 Å². The molecule has 1 aromatic rings. The van der Waals surface area contributed by atoms with Gasteiger partial charge in [0.25, 0.3) is 0 Å². The molecule has 2 atom stereocenters. The number of hydrogen-bond donors (Lipinski definition) is 0. The highest BCUT2D eigenvalue weighted by Crippen LogP contribution is 2.33. The molecule has 0 spiro atoms. The fourth-order valence-electron chi connectivity index (χ4n) is 5.19. The van der Waals surface area contributed by atoms with Crippen LogP contribution in [0.15, 0.2) is 12.1 Å². The van der Waals surface area contributed by atoms with E-state index in [1.54, 1.807) is 13.8 Å². The molecule has 0 N–H and O–H groups in total. The number of benzene rings is 1. The lowest BCUT2D eigenvalue weighted by Crippen LogP contribution is -2.46. The second-order valence-electron chi connectivity index (χ2n) is 10.1. The number of aryl methyl sites for hydroxylation is 1. The number of morpholine rings is 1. The van der Waals surface area contributed by atoms with Crippen molar-refractivity contribution in [2.24, 2.45) is 11.8 Å². The van der Waals surface area contributed by atoms with Gasteiger partial charge in [0.1, 0.15) is 11.6 Å². The average molecular weight is 468 g/mol. The minimum atomic E-state index is -3.05. The molecule has 7 heteroatoms. The summed E-state index contributed by atoms with van der Waals surface area (Å²) in [5.74, 6) is 0.156. The van der Waals surface area contributed by atoms with Crippen LogP contribution in [0.1, 0.15) is 64.5 Å². The Morgan fingerprint density at radius 1 is 1.12 bits per heavy atom. The van der Waals surface area contributed by atoms with Crippen LogP contribution in [0, 0.1) is 24.6 Å². The summed E-state index contributed by atoms with van der Waals surface area (Å²) in [5, 5.41) is -0.355. The van der Waals surface area contributed by atoms with E-state index >= 15 is 4.39 Å². The van der Waals surface area contributed by atoms with Gasteiger partial charge in [0.05, 0.1) is 28.9 Å². The Morgan fingerprint density at radius 3 is 2.25 bits per heavy atom. The van der Waals surface area contributed by atoms with Gasteiger partial charge in [0, 0.05) is 25.4 Å². The number of halogens is 1. The monoisotopic (exact) mass is 467 g/mol. The van der Waals surface area contributed by atoms with Crippen LogP contribution in [0.3, 0.4) is 0 Å². The topological polar surface area (TPSA) is 63.7 Å². The van der Waals surface area contributed by atoms with Crippen molar-refractivity contribution in [3.8, 4) is 0 Å². The first-order chi connectivity index (χ1) is 15.0. The molecule has 2 fully saturated rings. The average Bonchev–Trinajstić information content (AvgIpc) is 2.66. The molecule has 1 aromatic carbocycles. The standard InChI is InChI=1S/C25H38FNO4S/c1-16(2)32(29,30)15-20-6-8-22(9-7-20)24(28)12-21-10-17(3)25(23(26)11-21)27-13-18(4)31-19(5)14-27/h10-11,16,18-20,22H,6-9,12-15H2,1-5H3/t18-,19+,20?,22?. The number of carbonyl (C=O) groups is 1. The molecule has 3 rings (SSSR count).